The van der Waals surface area contributed by atoms with Crippen molar-refractivity contribution < 1.29 is 23.0 Å². The van der Waals surface area contributed by atoms with E-state index in [4.69, 9.17) is 21.1 Å². The number of nitrogens with zero attached hydrogens (tertiary/aromatic N) is 1. The molecule has 180 valence electrons. The van der Waals surface area contributed by atoms with Crippen LogP contribution in [0.25, 0.3) is 11.3 Å². The van der Waals surface area contributed by atoms with E-state index in [-0.39, 0.29) is 18.2 Å². The molecular weight excluding hydrogens is 476 g/mol. The van der Waals surface area contributed by atoms with Gasteiger partial charge >= 0.3 is 6.03 Å². The van der Waals surface area contributed by atoms with E-state index in [0.717, 1.165) is 22.3 Å². The van der Waals surface area contributed by atoms with Crippen molar-refractivity contribution in [1.82, 2.24) is 10.4 Å². The molecule has 2 amide bonds. The average Bonchev–Trinajstić information content (AvgIpc) is 3.40. The molecule has 3 aromatic carbocycles. The Bertz CT molecular complexity index is 1320. The second-order valence-electron chi connectivity index (χ2n) is 8.70. The maximum atomic E-state index is 13.6. The van der Waals surface area contributed by atoms with Crippen LogP contribution in [0.1, 0.15) is 30.5 Å². The minimum absolute atomic E-state index is 0.198. The minimum atomic E-state index is -0.833. The first-order valence-corrected chi connectivity index (χ1v) is 11.5. The summed E-state index contributed by atoms with van der Waals surface area (Å²) in [6.07, 6.45) is 0. The van der Waals surface area contributed by atoms with Crippen molar-refractivity contribution in [1.29, 1.82) is 0 Å². The van der Waals surface area contributed by atoms with Gasteiger partial charge < -0.3 is 14.8 Å². The fraction of sp³-hybridized carbons (Fsp3) is 0.192. The van der Waals surface area contributed by atoms with Crippen LogP contribution in [-0.4, -0.2) is 23.4 Å². The van der Waals surface area contributed by atoms with Crippen LogP contribution in [0.5, 0.6) is 11.5 Å². The van der Waals surface area contributed by atoms with Crippen LogP contribution in [-0.2, 0) is 5.88 Å². The first-order chi connectivity index (χ1) is 16.7. The summed E-state index contributed by atoms with van der Waals surface area (Å²) in [7, 11) is 0. The quantitative estimate of drug-likeness (QED) is 0.425. The molecule has 0 atom stereocenters. The summed E-state index contributed by atoms with van der Waals surface area (Å²) in [5, 5.41) is 4.14. The van der Waals surface area contributed by atoms with E-state index in [1.54, 1.807) is 12.1 Å². The molecule has 0 aromatic heterocycles. The summed E-state index contributed by atoms with van der Waals surface area (Å²) < 4.78 is 38.7. The van der Waals surface area contributed by atoms with Gasteiger partial charge in [0.1, 0.15) is 11.6 Å². The normalized spacial score (nSPS) is 15.9. The lowest BCUT2D eigenvalue weighted by molar-refractivity contribution is -0.0434. The lowest BCUT2D eigenvalue weighted by Gasteiger charge is -2.19. The van der Waals surface area contributed by atoms with Gasteiger partial charge in [-0.15, -0.1) is 11.6 Å². The topological polar surface area (TPSA) is 62.8 Å². The Kier molecular flexibility index (Phi) is 5.76. The van der Waals surface area contributed by atoms with Gasteiger partial charge in [-0.1, -0.05) is 12.1 Å². The lowest BCUT2D eigenvalue weighted by atomic mass is 9.99. The number of amides is 2. The number of benzene rings is 3. The maximum Gasteiger partial charge on any atom is 0.340 e. The van der Waals surface area contributed by atoms with Gasteiger partial charge in [0, 0.05) is 36.2 Å². The highest BCUT2D eigenvalue weighted by atomic mass is 35.5. The number of carbonyl (C=O) groups is 1. The second kappa shape index (κ2) is 8.78. The minimum Gasteiger partial charge on any atom is -0.449 e. The molecule has 2 N–H and O–H groups in total. The Balaban J connectivity index is 1.51. The number of nitrogens with one attached hydrogen (secondary N) is 2. The standard InChI is InChI=1S/C26H22ClF2N3O3/c1-26(2)34-22-12-16(11-17(13-27)24(22)35-26)23-21(15-3-5-18(28)6-4-15)14-32(31-23)25(33)30-20-9-7-19(29)8-10-20/h3-12,31H,13-14H2,1-2H3,(H,30,33). The van der Waals surface area contributed by atoms with E-state index >= 15 is 0 Å². The molecule has 0 fully saturated rings. The zero-order valence-corrected chi connectivity index (χ0v) is 19.7. The Hall–Kier alpha value is -3.78. The van der Waals surface area contributed by atoms with Crippen molar-refractivity contribution in [3.8, 4) is 11.5 Å². The van der Waals surface area contributed by atoms with E-state index in [2.05, 4.69) is 10.7 Å². The first kappa shape index (κ1) is 23.0. The van der Waals surface area contributed by atoms with Crippen LogP contribution in [0.3, 0.4) is 0 Å². The van der Waals surface area contributed by atoms with Crippen LogP contribution in [0.2, 0.25) is 0 Å². The zero-order valence-electron chi connectivity index (χ0n) is 19.0. The average molecular weight is 498 g/mol. The molecule has 5 rings (SSSR count). The molecular formula is C26H22ClF2N3O3. The Morgan fingerprint density at radius 1 is 1.03 bits per heavy atom. The third kappa shape index (κ3) is 4.61. The van der Waals surface area contributed by atoms with Gasteiger partial charge in [-0.05, 0) is 54.1 Å². The Labute approximate surface area is 206 Å². The van der Waals surface area contributed by atoms with Gasteiger partial charge in [-0.25, -0.2) is 18.6 Å². The third-order valence-corrected chi connectivity index (χ3v) is 5.95. The molecule has 0 radical (unpaired) electrons. The number of hydrogen-bond acceptors (Lipinski definition) is 4. The number of anilines is 1. The van der Waals surface area contributed by atoms with E-state index in [0.29, 0.717) is 22.9 Å². The van der Waals surface area contributed by atoms with Crippen molar-refractivity contribution in [3.63, 3.8) is 0 Å². The molecule has 0 saturated carbocycles. The number of fused-ring (bicyclic) bond motifs is 1. The van der Waals surface area contributed by atoms with E-state index in [1.807, 2.05) is 26.0 Å². The number of halogens is 3. The van der Waals surface area contributed by atoms with Crippen LogP contribution in [0.15, 0.2) is 60.7 Å². The molecule has 0 spiro atoms. The van der Waals surface area contributed by atoms with Crippen LogP contribution >= 0.6 is 11.6 Å². The number of hydrazine groups is 1. The number of alkyl halides is 1. The maximum absolute atomic E-state index is 13.6. The molecule has 6 nitrogen and oxygen atoms in total. The monoisotopic (exact) mass is 497 g/mol. The van der Waals surface area contributed by atoms with Gasteiger partial charge in [0.25, 0.3) is 0 Å². The fourth-order valence-corrected chi connectivity index (χ4v) is 4.28. The first-order valence-electron chi connectivity index (χ1n) is 10.9. The van der Waals surface area contributed by atoms with Crippen LogP contribution in [0, 0.1) is 11.6 Å². The van der Waals surface area contributed by atoms with Gasteiger partial charge in [0.05, 0.1) is 18.1 Å². The van der Waals surface area contributed by atoms with Crippen molar-refractivity contribution in [2.45, 2.75) is 25.5 Å². The molecule has 0 aliphatic carbocycles. The molecule has 9 heteroatoms. The molecule has 35 heavy (non-hydrogen) atoms. The summed E-state index contributed by atoms with van der Waals surface area (Å²) in [6.45, 7) is 3.82. The lowest BCUT2D eigenvalue weighted by Crippen LogP contribution is -2.40. The highest BCUT2D eigenvalue weighted by Gasteiger charge is 2.35. The number of rotatable bonds is 4. The number of carbonyl (C=O) groups excluding carboxylic acids is 1. The fourth-order valence-electron chi connectivity index (χ4n) is 4.08. The summed E-state index contributed by atoms with van der Waals surface area (Å²) in [4.78, 5) is 13.0. The molecule has 2 aliphatic rings. The molecule has 0 unspecified atom stereocenters. The van der Waals surface area contributed by atoms with Gasteiger partial charge in [-0.3, -0.25) is 5.43 Å². The van der Waals surface area contributed by atoms with Gasteiger partial charge in [0.2, 0.25) is 5.79 Å². The van der Waals surface area contributed by atoms with Crippen molar-refractivity contribution in [2.75, 3.05) is 11.9 Å². The predicted octanol–water partition coefficient (Wildman–Crippen LogP) is 6.13. The molecule has 3 aromatic rings. The number of ether oxygens (including phenoxy) is 2. The highest BCUT2D eigenvalue weighted by Crippen LogP contribution is 2.45. The van der Waals surface area contributed by atoms with Gasteiger partial charge in [-0.2, -0.15) is 0 Å². The van der Waals surface area contributed by atoms with Crippen molar-refractivity contribution in [3.05, 3.63) is 89.0 Å². The van der Waals surface area contributed by atoms with Crippen molar-refractivity contribution in [2.24, 2.45) is 0 Å². The highest BCUT2D eigenvalue weighted by molar-refractivity contribution is 6.17. The molecule has 0 bridgehead atoms. The largest absolute Gasteiger partial charge is 0.449 e. The number of urea groups is 1. The summed E-state index contributed by atoms with van der Waals surface area (Å²) in [6, 6.07) is 14.8. The Morgan fingerprint density at radius 3 is 2.34 bits per heavy atom. The smallest absolute Gasteiger partial charge is 0.340 e. The zero-order chi connectivity index (χ0) is 24.7. The summed E-state index contributed by atoms with van der Waals surface area (Å²) in [5.41, 5.74) is 7.25. The predicted molar refractivity (Wildman–Crippen MR) is 130 cm³/mol. The molecule has 0 saturated heterocycles. The van der Waals surface area contributed by atoms with Crippen LogP contribution < -0.4 is 20.2 Å². The molecule has 2 aliphatic heterocycles. The summed E-state index contributed by atoms with van der Waals surface area (Å²) >= 11 is 6.22. The van der Waals surface area contributed by atoms with E-state index < -0.39 is 17.6 Å². The SMILES string of the molecule is CC1(C)Oc2cc(C3=C(c4ccc(F)cc4)CN(C(=O)Nc4ccc(F)cc4)N3)cc(CCl)c2O1. The van der Waals surface area contributed by atoms with Crippen LogP contribution in [0.4, 0.5) is 19.3 Å². The molecule has 2 heterocycles. The second-order valence-corrected chi connectivity index (χ2v) is 8.96. The van der Waals surface area contributed by atoms with E-state index in [1.165, 1.54) is 41.4 Å². The number of hydrogen-bond donors (Lipinski definition) is 2. The third-order valence-electron chi connectivity index (χ3n) is 5.67. The van der Waals surface area contributed by atoms with Crippen molar-refractivity contribution >= 4 is 34.6 Å². The van der Waals surface area contributed by atoms with E-state index in [9.17, 15) is 13.6 Å². The van der Waals surface area contributed by atoms with Gasteiger partial charge in [0.15, 0.2) is 11.5 Å². The Morgan fingerprint density at radius 2 is 1.69 bits per heavy atom. The summed E-state index contributed by atoms with van der Waals surface area (Å²) in [5.74, 6) is -0.260.